The van der Waals surface area contributed by atoms with Crippen LogP contribution in [0.4, 0.5) is 13.2 Å². The Bertz CT molecular complexity index is 547. The van der Waals surface area contributed by atoms with Crippen LogP contribution in [0.25, 0.3) is 0 Å². The van der Waals surface area contributed by atoms with Crippen molar-refractivity contribution in [1.29, 1.82) is 0 Å². The zero-order valence-electron chi connectivity index (χ0n) is 10.7. The summed E-state index contributed by atoms with van der Waals surface area (Å²) in [7, 11) is 0.625. The van der Waals surface area contributed by atoms with Gasteiger partial charge in [0.15, 0.2) is 7.28 Å². The maximum atomic E-state index is 12.7. The van der Waals surface area contributed by atoms with Gasteiger partial charge in [-0.05, 0) is 19.3 Å². The highest BCUT2D eigenvalue weighted by atomic mass is 19.4. The second kappa shape index (κ2) is 5.51. The number of benzene rings is 2. The van der Waals surface area contributed by atoms with Gasteiger partial charge in [0.05, 0.1) is 5.56 Å². The Balaban J connectivity index is 2.16. The Kier molecular flexibility index (Phi) is 3.98. The molecule has 0 fully saturated rings. The fraction of sp³-hybridized carbons (Fsp3) is 0.200. The standard InChI is InChI=1S/C15H14BF3/c1-11-7-8-13(15(17,18)19)9-14(11)16-10-12-5-3-2-4-6-12/h2-9,16H,10H2,1H3. The van der Waals surface area contributed by atoms with Gasteiger partial charge in [-0.2, -0.15) is 13.2 Å². The van der Waals surface area contributed by atoms with Crippen molar-refractivity contribution in [2.24, 2.45) is 0 Å². The van der Waals surface area contributed by atoms with Gasteiger partial charge in [-0.3, -0.25) is 0 Å². The summed E-state index contributed by atoms with van der Waals surface area (Å²) in [6, 6.07) is 13.7. The van der Waals surface area contributed by atoms with Gasteiger partial charge in [0, 0.05) is 0 Å². The second-order valence-electron chi connectivity index (χ2n) is 4.62. The van der Waals surface area contributed by atoms with E-state index in [2.05, 4.69) is 0 Å². The molecule has 0 saturated carbocycles. The van der Waals surface area contributed by atoms with E-state index in [0.29, 0.717) is 7.28 Å². The first-order valence-corrected chi connectivity index (χ1v) is 6.17. The van der Waals surface area contributed by atoms with Crippen LogP contribution in [0.1, 0.15) is 16.7 Å². The van der Waals surface area contributed by atoms with Crippen molar-refractivity contribution in [2.75, 3.05) is 0 Å². The first kappa shape index (κ1) is 13.7. The Hall–Kier alpha value is -1.71. The lowest BCUT2D eigenvalue weighted by Gasteiger charge is -2.11. The summed E-state index contributed by atoms with van der Waals surface area (Å²) < 4.78 is 38.0. The van der Waals surface area contributed by atoms with Gasteiger partial charge in [-0.25, -0.2) is 0 Å². The molecule has 2 rings (SSSR count). The van der Waals surface area contributed by atoms with E-state index in [1.807, 2.05) is 37.3 Å². The molecule has 0 spiro atoms. The van der Waals surface area contributed by atoms with Crippen molar-refractivity contribution >= 4 is 12.7 Å². The molecule has 0 atom stereocenters. The van der Waals surface area contributed by atoms with Gasteiger partial charge in [-0.15, -0.1) is 0 Å². The van der Waals surface area contributed by atoms with E-state index in [4.69, 9.17) is 0 Å². The lowest BCUT2D eigenvalue weighted by Crippen LogP contribution is -2.22. The molecule has 0 heterocycles. The third-order valence-corrected chi connectivity index (χ3v) is 3.20. The fourth-order valence-electron chi connectivity index (χ4n) is 2.04. The van der Waals surface area contributed by atoms with Crippen molar-refractivity contribution in [1.82, 2.24) is 0 Å². The van der Waals surface area contributed by atoms with Gasteiger partial charge in [0.2, 0.25) is 0 Å². The van der Waals surface area contributed by atoms with E-state index in [0.717, 1.165) is 29.0 Å². The van der Waals surface area contributed by atoms with E-state index >= 15 is 0 Å². The Morgan fingerprint density at radius 1 is 1.00 bits per heavy atom. The lowest BCUT2D eigenvalue weighted by molar-refractivity contribution is -0.137. The van der Waals surface area contributed by atoms with Crippen LogP contribution in [-0.4, -0.2) is 7.28 Å². The minimum Gasteiger partial charge on any atom is -0.166 e. The largest absolute Gasteiger partial charge is 0.416 e. The van der Waals surface area contributed by atoms with Gasteiger partial charge < -0.3 is 0 Å². The monoisotopic (exact) mass is 262 g/mol. The molecule has 0 bridgehead atoms. The maximum absolute atomic E-state index is 12.7. The molecular weight excluding hydrogens is 248 g/mol. The highest BCUT2D eigenvalue weighted by molar-refractivity contribution is 6.53. The topological polar surface area (TPSA) is 0 Å². The molecule has 0 saturated heterocycles. The number of hydrogen-bond acceptors (Lipinski definition) is 0. The van der Waals surface area contributed by atoms with Gasteiger partial charge >= 0.3 is 6.18 Å². The summed E-state index contributed by atoms with van der Waals surface area (Å²) >= 11 is 0. The van der Waals surface area contributed by atoms with E-state index in [-0.39, 0.29) is 0 Å². The van der Waals surface area contributed by atoms with Crippen LogP contribution in [0.2, 0.25) is 0 Å². The number of alkyl halides is 3. The summed E-state index contributed by atoms with van der Waals surface area (Å²) in [5, 5.41) is 0. The van der Waals surface area contributed by atoms with Gasteiger partial charge in [0.25, 0.3) is 0 Å². The fourth-order valence-corrected chi connectivity index (χ4v) is 2.04. The van der Waals surface area contributed by atoms with Crippen LogP contribution >= 0.6 is 0 Å². The van der Waals surface area contributed by atoms with Crippen LogP contribution in [0, 0.1) is 6.92 Å². The first-order valence-electron chi connectivity index (χ1n) is 6.17. The maximum Gasteiger partial charge on any atom is 0.416 e. The molecule has 0 aliphatic carbocycles. The van der Waals surface area contributed by atoms with Crippen LogP contribution in [0.15, 0.2) is 48.5 Å². The zero-order valence-corrected chi connectivity index (χ0v) is 10.7. The molecule has 2 aromatic carbocycles. The predicted molar refractivity (Wildman–Crippen MR) is 73.1 cm³/mol. The molecule has 0 nitrogen and oxygen atoms in total. The van der Waals surface area contributed by atoms with Crippen LogP contribution in [-0.2, 0) is 12.5 Å². The van der Waals surface area contributed by atoms with Gasteiger partial charge in [0.1, 0.15) is 0 Å². The quantitative estimate of drug-likeness (QED) is 0.744. The van der Waals surface area contributed by atoms with E-state index in [1.54, 1.807) is 6.07 Å². The normalized spacial score (nSPS) is 11.4. The molecular formula is C15H14BF3. The smallest absolute Gasteiger partial charge is 0.166 e. The molecule has 0 amide bonds. The molecule has 0 N–H and O–H groups in total. The highest BCUT2D eigenvalue weighted by Gasteiger charge is 2.30. The zero-order chi connectivity index (χ0) is 13.9. The minimum atomic E-state index is -4.27. The van der Waals surface area contributed by atoms with Crippen molar-refractivity contribution in [2.45, 2.75) is 19.4 Å². The number of hydrogen-bond donors (Lipinski definition) is 0. The summed E-state index contributed by atoms with van der Waals surface area (Å²) in [5.41, 5.74) is 2.24. The summed E-state index contributed by atoms with van der Waals surface area (Å²) in [5.74, 6) is 0. The molecule has 0 unspecified atom stereocenters. The van der Waals surface area contributed by atoms with Crippen LogP contribution < -0.4 is 5.46 Å². The number of halogens is 3. The van der Waals surface area contributed by atoms with Crippen LogP contribution in [0.3, 0.4) is 0 Å². The third kappa shape index (κ3) is 3.63. The third-order valence-electron chi connectivity index (χ3n) is 3.20. The van der Waals surface area contributed by atoms with Crippen molar-refractivity contribution in [3.8, 4) is 0 Å². The first-order chi connectivity index (χ1) is 8.97. The molecule has 19 heavy (non-hydrogen) atoms. The predicted octanol–water partition coefficient (Wildman–Crippen LogP) is 3.28. The summed E-state index contributed by atoms with van der Waals surface area (Å²) in [4.78, 5) is 0. The molecule has 0 aromatic heterocycles. The van der Waals surface area contributed by atoms with Crippen molar-refractivity contribution in [3.63, 3.8) is 0 Å². The van der Waals surface area contributed by atoms with Crippen LogP contribution in [0.5, 0.6) is 0 Å². The highest BCUT2D eigenvalue weighted by Crippen LogP contribution is 2.28. The Morgan fingerprint density at radius 3 is 2.32 bits per heavy atom. The van der Waals surface area contributed by atoms with E-state index < -0.39 is 11.7 Å². The van der Waals surface area contributed by atoms with Crippen molar-refractivity contribution in [3.05, 3.63) is 65.2 Å². The Labute approximate surface area is 111 Å². The molecule has 0 aliphatic rings. The van der Waals surface area contributed by atoms with Crippen molar-refractivity contribution < 1.29 is 13.2 Å². The average Bonchev–Trinajstić information content (AvgIpc) is 2.37. The molecule has 98 valence electrons. The lowest BCUT2D eigenvalue weighted by atomic mass is 9.63. The van der Waals surface area contributed by atoms with E-state index in [1.165, 1.54) is 6.07 Å². The van der Waals surface area contributed by atoms with Gasteiger partial charge in [-0.1, -0.05) is 59.1 Å². The molecule has 0 radical (unpaired) electrons. The molecule has 0 aliphatic heterocycles. The SMILES string of the molecule is Cc1ccc(C(F)(F)F)cc1BCc1ccccc1. The Morgan fingerprint density at radius 2 is 1.68 bits per heavy atom. The summed E-state index contributed by atoms with van der Waals surface area (Å²) in [6.45, 7) is 1.85. The average molecular weight is 262 g/mol. The molecule has 4 heteroatoms. The summed E-state index contributed by atoms with van der Waals surface area (Å²) in [6.07, 6.45) is -3.52. The molecule has 2 aromatic rings. The number of aryl methyl sites for hydroxylation is 1. The second-order valence-corrected chi connectivity index (χ2v) is 4.62. The van der Waals surface area contributed by atoms with E-state index in [9.17, 15) is 13.2 Å². The minimum absolute atomic E-state index is 0.568. The number of rotatable bonds is 3.